The minimum Gasteiger partial charge on any atom is -0.481 e. The number of carboxylic acid groups (broad SMARTS) is 1. The molecule has 0 aromatic heterocycles. The number of carbonyl (C=O) groups excluding carboxylic acids is 1. The minimum atomic E-state index is -3.78. The first-order valence-corrected chi connectivity index (χ1v) is 7.45. The van der Waals surface area contributed by atoms with Crippen LogP contribution in [0.3, 0.4) is 0 Å². The van der Waals surface area contributed by atoms with Crippen molar-refractivity contribution in [3.63, 3.8) is 0 Å². The Kier molecular flexibility index (Phi) is 5.27. The molecule has 1 aliphatic heterocycles. The Labute approximate surface area is 112 Å². The first-order chi connectivity index (χ1) is 8.72. The number of carbonyl (C=O) groups is 2. The second-order valence-corrected chi connectivity index (χ2v) is 6.43. The quantitative estimate of drug-likeness (QED) is 0.571. The van der Waals surface area contributed by atoms with Crippen molar-refractivity contribution in [2.75, 3.05) is 13.1 Å². The Bertz CT molecular complexity index is 450. The van der Waals surface area contributed by atoms with Crippen molar-refractivity contribution >= 4 is 22.1 Å². The van der Waals surface area contributed by atoms with Gasteiger partial charge in [-0.2, -0.15) is 17.4 Å². The van der Waals surface area contributed by atoms with Crippen molar-refractivity contribution < 1.29 is 23.1 Å². The van der Waals surface area contributed by atoms with E-state index in [2.05, 4.69) is 4.72 Å². The lowest BCUT2D eigenvalue weighted by molar-refractivity contribution is -0.142. The smallest absolute Gasteiger partial charge is 0.307 e. The van der Waals surface area contributed by atoms with Gasteiger partial charge in [0.2, 0.25) is 5.91 Å². The molecule has 0 radical (unpaired) electrons. The van der Waals surface area contributed by atoms with Crippen LogP contribution < -0.4 is 10.5 Å². The molecule has 4 N–H and O–H groups in total. The summed E-state index contributed by atoms with van der Waals surface area (Å²) in [6.45, 7) is 1.76. The van der Waals surface area contributed by atoms with E-state index in [0.717, 1.165) is 4.31 Å². The van der Waals surface area contributed by atoms with E-state index in [1.807, 2.05) is 0 Å². The molecule has 2 atom stereocenters. The fraction of sp³-hybridized carbons (Fsp3) is 0.800. The summed E-state index contributed by atoms with van der Waals surface area (Å²) in [5, 5.41) is 8.92. The summed E-state index contributed by atoms with van der Waals surface area (Å²) >= 11 is 0. The average Bonchev–Trinajstić information content (AvgIpc) is 2.27. The van der Waals surface area contributed by atoms with Gasteiger partial charge in [-0.1, -0.05) is 0 Å². The molecule has 1 amide bonds. The van der Waals surface area contributed by atoms with Gasteiger partial charge in [0.25, 0.3) is 10.2 Å². The van der Waals surface area contributed by atoms with Gasteiger partial charge in [-0.25, -0.2) is 0 Å². The van der Waals surface area contributed by atoms with E-state index >= 15 is 0 Å². The van der Waals surface area contributed by atoms with Crippen LogP contribution in [0.25, 0.3) is 0 Å². The van der Waals surface area contributed by atoms with Gasteiger partial charge in [0.05, 0.1) is 5.92 Å². The van der Waals surface area contributed by atoms with Crippen LogP contribution in [0.2, 0.25) is 0 Å². The Morgan fingerprint density at radius 1 is 1.53 bits per heavy atom. The highest BCUT2D eigenvalue weighted by molar-refractivity contribution is 7.87. The Balaban J connectivity index is 2.66. The third-order valence-corrected chi connectivity index (χ3v) is 4.64. The summed E-state index contributed by atoms with van der Waals surface area (Å²) in [4.78, 5) is 21.6. The molecule has 1 rings (SSSR count). The molecule has 9 heteroatoms. The first-order valence-electron chi connectivity index (χ1n) is 6.01. The number of hydrogen-bond donors (Lipinski definition) is 3. The molecule has 0 aromatic carbocycles. The van der Waals surface area contributed by atoms with Gasteiger partial charge in [0, 0.05) is 25.6 Å². The van der Waals surface area contributed by atoms with Crippen molar-refractivity contribution in [2.45, 2.75) is 32.2 Å². The number of amides is 1. The highest BCUT2D eigenvalue weighted by Gasteiger charge is 2.32. The van der Waals surface area contributed by atoms with Gasteiger partial charge in [0.15, 0.2) is 0 Å². The molecule has 0 spiro atoms. The summed E-state index contributed by atoms with van der Waals surface area (Å²) in [5.41, 5.74) is 4.99. The second kappa shape index (κ2) is 6.31. The fourth-order valence-corrected chi connectivity index (χ4v) is 3.52. The predicted octanol–water partition coefficient (Wildman–Crippen LogP) is -1.12. The predicted molar refractivity (Wildman–Crippen MR) is 67.3 cm³/mol. The average molecular weight is 293 g/mol. The van der Waals surface area contributed by atoms with Gasteiger partial charge in [-0.05, 0) is 19.8 Å². The number of primary amides is 1. The maximum Gasteiger partial charge on any atom is 0.307 e. The number of aliphatic carboxylic acids is 1. The van der Waals surface area contributed by atoms with E-state index in [1.165, 1.54) is 6.92 Å². The molecule has 0 bridgehead atoms. The molecular weight excluding hydrogens is 274 g/mol. The van der Waals surface area contributed by atoms with Crippen molar-refractivity contribution in [1.82, 2.24) is 9.03 Å². The summed E-state index contributed by atoms with van der Waals surface area (Å²) in [7, 11) is -3.78. The SMILES string of the molecule is CC(CC(N)=O)NS(=O)(=O)N1CCCC(C(=O)O)C1. The number of piperidine rings is 1. The molecule has 1 fully saturated rings. The van der Waals surface area contributed by atoms with Gasteiger partial charge in [-0.15, -0.1) is 0 Å². The maximum absolute atomic E-state index is 12.0. The van der Waals surface area contributed by atoms with E-state index in [4.69, 9.17) is 10.8 Å². The molecule has 0 saturated carbocycles. The number of hydrogen-bond acceptors (Lipinski definition) is 4. The van der Waals surface area contributed by atoms with Crippen molar-refractivity contribution in [3.05, 3.63) is 0 Å². The zero-order valence-electron chi connectivity index (χ0n) is 10.7. The molecule has 8 nitrogen and oxygen atoms in total. The van der Waals surface area contributed by atoms with Crippen LogP contribution >= 0.6 is 0 Å². The Hall–Kier alpha value is -1.19. The Morgan fingerprint density at radius 3 is 2.68 bits per heavy atom. The lowest BCUT2D eigenvalue weighted by Crippen LogP contribution is -2.50. The van der Waals surface area contributed by atoms with Crippen molar-refractivity contribution in [1.29, 1.82) is 0 Å². The monoisotopic (exact) mass is 293 g/mol. The van der Waals surface area contributed by atoms with Gasteiger partial charge >= 0.3 is 5.97 Å². The highest BCUT2D eigenvalue weighted by Crippen LogP contribution is 2.19. The van der Waals surface area contributed by atoms with Gasteiger partial charge in [-0.3, -0.25) is 9.59 Å². The molecule has 1 aliphatic rings. The van der Waals surface area contributed by atoms with Crippen LogP contribution in [0.1, 0.15) is 26.2 Å². The van der Waals surface area contributed by atoms with Crippen LogP contribution in [-0.4, -0.2) is 48.8 Å². The van der Waals surface area contributed by atoms with Gasteiger partial charge in [0.1, 0.15) is 0 Å². The molecule has 0 aliphatic carbocycles. The number of nitrogens with zero attached hydrogens (tertiary/aromatic N) is 1. The van der Waals surface area contributed by atoms with Crippen LogP contribution in [0.4, 0.5) is 0 Å². The number of rotatable bonds is 6. The summed E-state index contributed by atoms with van der Waals surface area (Å²) in [6, 6.07) is -0.618. The topological polar surface area (TPSA) is 130 Å². The van der Waals surface area contributed by atoms with Crippen molar-refractivity contribution in [2.24, 2.45) is 11.7 Å². The van der Waals surface area contributed by atoms with Crippen LogP contribution in [0.15, 0.2) is 0 Å². The molecule has 19 heavy (non-hydrogen) atoms. The van der Waals surface area contributed by atoms with E-state index in [-0.39, 0.29) is 19.5 Å². The summed E-state index contributed by atoms with van der Waals surface area (Å²) in [6.07, 6.45) is 0.871. The van der Waals surface area contributed by atoms with E-state index < -0.39 is 34.0 Å². The zero-order valence-corrected chi connectivity index (χ0v) is 11.5. The third-order valence-electron chi connectivity index (χ3n) is 2.93. The lowest BCUT2D eigenvalue weighted by atomic mass is 10.0. The van der Waals surface area contributed by atoms with E-state index in [0.29, 0.717) is 12.8 Å². The molecule has 0 aromatic rings. The third kappa shape index (κ3) is 4.77. The summed E-state index contributed by atoms with van der Waals surface area (Å²) in [5.74, 6) is -2.28. The molecular formula is C10H19N3O5S. The fourth-order valence-electron chi connectivity index (χ4n) is 2.03. The van der Waals surface area contributed by atoms with E-state index in [9.17, 15) is 18.0 Å². The lowest BCUT2D eigenvalue weighted by Gasteiger charge is -2.30. The molecule has 110 valence electrons. The van der Waals surface area contributed by atoms with Crippen LogP contribution in [0, 0.1) is 5.92 Å². The normalized spacial score (nSPS) is 22.9. The molecule has 1 heterocycles. The van der Waals surface area contributed by atoms with E-state index in [1.54, 1.807) is 0 Å². The first kappa shape index (κ1) is 15.9. The second-order valence-electron chi connectivity index (χ2n) is 4.73. The van der Waals surface area contributed by atoms with Crippen LogP contribution in [-0.2, 0) is 19.8 Å². The number of nitrogens with two attached hydrogens (primary N) is 1. The molecule has 2 unspecified atom stereocenters. The summed E-state index contributed by atoms with van der Waals surface area (Å²) < 4.78 is 27.5. The van der Waals surface area contributed by atoms with Crippen LogP contribution in [0.5, 0.6) is 0 Å². The highest BCUT2D eigenvalue weighted by atomic mass is 32.2. The Morgan fingerprint density at radius 2 is 2.16 bits per heavy atom. The van der Waals surface area contributed by atoms with Crippen molar-refractivity contribution in [3.8, 4) is 0 Å². The minimum absolute atomic E-state index is 0.0477. The number of nitrogens with one attached hydrogen (secondary N) is 1. The zero-order chi connectivity index (χ0) is 14.6. The molecule has 1 saturated heterocycles. The maximum atomic E-state index is 12.0. The largest absolute Gasteiger partial charge is 0.481 e. The standard InChI is InChI=1S/C10H19N3O5S/c1-7(5-9(11)14)12-19(17,18)13-4-2-3-8(6-13)10(15)16/h7-8,12H,2-6H2,1H3,(H2,11,14)(H,15,16). The van der Waals surface area contributed by atoms with Gasteiger partial charge < -0.3 is 10.8 Å². The number of carboxylic acids is 1.